The highest BCUT2D eigenvalue weighted by atomic mass is 32.2. The molecule has 0 bridgehead atoms. The van der Waals surface area contributed by atoms with Crippen LogP contribution >= 0.6 is 0 Å². The smallest absolute Gasteiger partial charge is 0.247 e. The van der Waals surface area contributed by atoms with Gasteiger partial charge in [0.25, 0.3) is 0 Å². The van der Waals surface area contributed by atoms with Gasteiger partial charge in [-0.3, -0.25) is 4.79 Å². The maximum atomic E-state index is 13.1. The largest absolute Gasteiger partial charge is 0.421 e. The van der Waals surface area contributed by atoms with Crippen LogP contribution in [0.15, 0.2) is 63.9 Å². The number of aromatic nitrogens is 2. The molecule has 5 rings (SSSR count). The van der Waals surface area contributed by atoms with Gasteiger partial charge in [-0.2, -0.15) is 4.31 Å². The molecule has 3 aromatic rings. The average Bonchev–Trinajstić information content (AvgIpc) is 3.53. The van der Waals surface area contributed by atoms with Gasteiger partial charge in [0.1, 0.15) is 0 Å². The van der Waals surface area contributed by atoms with E-state index in [9.17, 15) is 13.2 Å². The molecule has 10 heteroatoms. The topological polar surface area (TPSA) is 99.9 Å². The maximum absolute atomic E-state index is 13.1. The summed E-state index contributed by atoms with van der Waals surface area (Å²) in [5, 5.41) is 8.26. The molecule has 1 amide bonds. The molecule has 178 valence electrons. The summed E-state index contributed by atoms with van der Waals surface area (Å²) < 4.78 is 33.5. The first-order valence-corrected chi connectivity index (χ1v) is 13.0. The Balaban J connectivity index is 1.14. The molecular weight excluding hydrogens is 454 g/mol. The van der Waals surface area contributed by atoms with Crippen LogP contribution in [0.5, 0.6) is 0 Å². The molecule has 0 spiro atoms. The van der Waals surface area contributed by atoms with Crippen molar-refractivity contribution in [3.63, 3.8) is 0 Å². The minimum absolute atomic E-state index is 0.0866. The number of sulfonamides is 1. The van der Waals surface area contributed by atoms with Gasteiger partial charge in [0.15, 0.2) is 0 Å². The number of hydrogen-bond donors (Lipinski definition) is 0. The van der Waals surface area contributed by atoms with Gasteiger partial charge in [0, 0.05) is 63.4 Å². The molecule has 2 fully saturated rings. The van der Waals surface area contributed by atoms with E-state index in [1.807, 2.05) is 30.3 Å². The molecule has 2 aliphatic rings. The fraction of sp³-hybridized carbons (Fsp3) is 0.375. The highest BCUT2D eigenvalue weighted by Gasteiger charge is 2.29. The lowest BCUT2D eigenvalue weighted by Gasteiger charge is -2.33. The lowest BCUT2D eigenvalue weighted by molar-refractivity contribution is -0.117. The van der Waals surface area contributed by atoms with Crippen molar-refractivity contribution in [1.82, 2.24) is 19.4 Å². The van der Waals surface area contributed by atoms with Gasteiger partial charge < -0.3 is 14.2 Å². The number of nitrogens with zero attached hydrogens (tertiary/aromatic N) is 5. The molecule has 0 atom stereocenters. The molecule has 3 heterocycles. The fourth-order valence-electron chi connectivity index (χ4n) is 4.37. The van der Waals surface area contributed by atoms with Crippen molar-refractivity contribution >= 4 is 21.6 Å². The Morgan fingerprint density at radius 1 is 0.882 bits per heavy atom. The van der Waals surface area contributed by atoms with Crippen LogP contribution < -0.4 is 4.90 Å². The molecule has 34 heavy (non-hydrogen) atoms. The van der Waals surface area contributed by atoms with Crippen LogP contribution in [0.4, 0.5) is 5.69 Å². The molecule has 0 unspecified atom stereocenters. The van der Waals surface area contributed by atoms with Gasteiger partial charge >= 0.3 is 0 Å². The zero-order valence-electron chi connectivity index (χ0n) is 18.8. The maximum Gasteiger partial charge on any atom is 0.247 e. The van der Waals surface area contributed by atoms with Crippen LogP contribution in [0.3, 0.4) is 0 Å². The highest BCUT2D eigenvalue weighted by molar-refractivity contribution is 7.89. The van der Waals surface area contributed by atoms with E-state index in [0.29, 0.717) is 57.3 Å². The van der Waals surface area contributed by atoms with Gasteiger partial charge in [-0.25, -0.2) is 8.42 Å². The number of rotatable bonds is 7. The van der Waals surface area contributed by atoms with E-state index in [4.69, 9.17) is 4.42 Å². The van der Waals surface area contributed by atoms with Crippen molar-refractivity contribution in [2.75, 3.05) is 44.2 Å². The van der Waals surface area contributed by atoms with Crippen LogP contribution in [0.2, 0.25) is 0 Å². The second kappa shape index (κ2) is 9.65. The lowest BCUT2D eigenvalue weighted by Crippen LogP contribution is -2.49. The zero-order chi connectivity index (χ0) is 23.5. The molecule has 9 nitrogen and oxygen atoms in total. The lowest BCUT2D eigenvalue weighted by atomic mass is 10.2. The first kappa shape index (κ1) is 22.7. The van der Waals surface area contributed by atoms with Crippen LogP contribution in [0.1, 0.15) is 18.7 Å². The van der Waals surface area contributed by atoms with Crippen molar-refractivity contribution in [3.8, 4) is 11.5 Å². The Morgan fingerprint density at radius 3 is 2.29 bits per heavy atom. The van der Waals surface area contributed by atoms with E-state index < -0.39 is 10.0 Å². The summed E-state index contributed by atoms with van der Waals surface area (Å²) in [7, 11) is -3.57. The zero-order valence-corrected chi connectivity index (χ0v) is 19.7. The molecule has 1 aromatic heterocycles. The summed E-state index contributed by atoms with van der Waals surface area (Å²) >= 11 is 0. The second-order valence-electron chi connectivity index (χ2n) is 8.51. The highest BCUT2D eigenvalue weighted by Crippen LogP contribution is 2.25. The van der Waals surface area contributed by atoms with Crippen molar-refractivity contribution in [2.24, 2.45) is 0 Å². The Hall–Kier alpha value is -3.08. The number of carbonyl (C=O) groups excluding carboxylic acids is 1. The summed E-state index contributed by atoms with van der Waals surface area (Å²) in [6.07, 6.45) is 2.00. The van der Waals surface area contributed by atoms with E-state index in [2.05, 4.69) is 15.1 Å². The Bertz CT molecular complexity index is 1240. The summed E-state index contributed by atoms with van der Waals surface area (Å²) in [5.74, 6) is 1.17. The predicted octanol–water partition coefficient (Wildman–Crippen LogP) is 2.41. The number of carbonyl (C=O) groups is 1. The standard InChI is InChI=1S/C24H27N5O4S/c30-23-7-4-13-29(23)20-8-10-21(11-9-20)34(31,32)28-17-15-27(16-18-28)14-12-22-25-26-24(33-22)19-5-2-1-3-6-19/h1-3,5-6,8-11H,4,7,12-18H2. The summed E-state index contributed by atoms with van der Waals surface area (Å²) in [5.41, 5.74) is 1.64. The first-order valence-electron chi connectivity index (χ1n) is 11.5. The van der Waals surface area contributed by atoms with Crippen LogP contribution in [-0.2, 0) is 21.2 Å². The monoisotopic (exact) mass is 481 g/mol. The Labute approximate surface area is 199 Å². The summed E-state index contributed by atoms with van der Waals surface area (Å²) in [6.45, 7) is 3.53. The van der Waals surface area contributed by atoms with Crippen molar-refractivity contribution in [1.29, 1.82) is 0 Å². The van der Waals surface area contributed by atoms with E-state index in [-0.39, 0.29) is 10.8 Å². The van der Waals surface area contributed by atoms with E-state index in [1.54, 1.807) is 29.2 Å². The molecule has 0 saturated carbocycles. The van der Waals surface area contributed by atoms with Crippen molar-refractivity contribution < 1.29 is 17.6 Å². The third-order valence-electron chi connectivity index (χ3n) is 6.32. The second-order valence-corrected chi connectivity index (χ2v) is 10.4. The number of anilines is 1. The fourth-order valence-corrected chi connectivity index (χ4v) is 5.79. The Morgan fingerprint density at radius 2 is 1.62 bits per heavy atom. The van der Waals surface area contributed by atoms with E-state index in [1.165, 1.54) is 4.31 Å². The Kier molecular flexibility index (Phi) is 6.44. The van der Waals surface area contributed by atoms with E-state index >= 15 is 0 Å². The molecule has 0 N–H and O–H groups in total. The van der Waals surface area contributed by atoms with Gasteiger partial charge in [-0.1, -0.05) is 18.2 Å². The first-order chi connectivity index (χ1) is 16.5. The van der Waals surface area contributed by atoms with Gasteiger partial charge in [-0.15, -0.1) is 10.2 Å². The number of hydrogen-bond acceptors (Lipinski definition) is 7. The average molecular weight is 482 g/mol. The normalized spacial score (nSPS) is 18.0. The summed E-state index contributed by atoms with van der Waals surface area (Å²) in [4.78, 5) is 16.1. The molecule has 0 radical (unpaired) electrons. The van der Waals surface area contributed by atoms with Crippen molar-refractivity contribution in [2.45, 2.75) is 24.2 Å². The number of amides is 1. The molecule has 0 aliphatic carbocycles. The van der Waals surface area contributed by atoms with Crippen LogP contribution in [0.25, 0.3) is 11.5 Å². The van der Waals surface area contributed by atoms with Crippen LogP contribution in [0, 0.1) is 0 Å². The van der Waals surface area contributed by atoms with Crippen LogP contribution in [-0.4, -0.2) is 73.0 Å². The third-order valence-corrected chi connectivity index (χ3v) is 8.23. The molecule has 2 aromatic carbocycles. The molecule has 2 aliphatic heterocycles. The van der Waals surface area contributed by atoms with E-state index in [0.717, 1.165) is 24.2 Å². The van der Waals surface area contributed by atoms with Gasteiger partial charge in [-0.05, 0) is 42.8 Å². The number of piperazine rings is 1. The minimum atomic E-state index is -3.57. The van der Waals surface area contributed by atoms with Crippen molar-refractivity contribution in [3.05, 3.63) is 60.5 Å². The molecular formula is C24H27N5O4S. The minimum Gasteiger partial charge on any atom is -0.421 e. The number of benzene rings is 2. The quantitative estimate of drug-likeness (QED) is 0.511. The third kappa shape index (κ3) is 4.75. The SMILES string of the molecule is O=C1CCCN1c1ccc(S(=O)(=O)N2CCN(CCc3nnc(-c4ccccc4)o3)CC2)cc1. The predicted molar refractivity (Wildman–Crippen MR) is 127 cm³/mol. The van der Waals surface area contributed by atoms with Gasteiger partial charge in [0.2, 0.25) is 27.7 Å². The molecule has 2 saturated heterocycles. The van der Waals surface area contributed by atoms with Gasteiger partial charge in [0.05, 0.1) is 4.90 Å². The summed E-state index contributed by atoms with van der Waals surface area (Å²) in [6, 6.07) is 16.3.